The van der Waals surface area contributed by atoms with E-state index in [1.54, 1.807) is 6.20 Å². The Balaban J connectivity index is 2.14. The number of benzene rings is 1. The quantitative estimate of drug-likeness (QED) is 0.780. The molecule has 2 aromatic rings. The smallest absolute Gasteiger partial charge is 0.131 e. The van der Waals surface area contributed by atoms with E-state index in [9.17, 15) is 0 Å². The van der Waals surface area contributed by atoms with Gasteiger partial charge in [-0.1, -0.05) is 35.3 Å². The Morgan fingerprint density at radius 2 is 2.00 bits per heavy atom. The number of nitrogens with zero attached hydrogens (tertiary/aromatic N) is 2. The second kappa shape index (κ2) is 5.39. The Kier molecular flexibility index (Phi) is 3.87. The van der Waals surface area contributed by atoms with Crippen LogP contribution in [0, 0.1) is 0 Å². The number of aromatic nitrogens is 1. The average molecular weight is 267 g/mol. The number of anilines is 1. The van der Waals surface area contributed by atoms with Gasteiger partial charge in [0.05, 0.1) is 0 Å². The molecule has 0 saturated carbocycles. The number of hydrogen-bond donors (Lipinski definition) is 0. The van der Waals surface area contributed by atoms with E-state index in [1.165, 1.54) is 0 Å². The van der Waals surface area contributed by atoms with Crippen LogP contribution in [0.4, 0.5) is 5.69 Å². The Hall–Kier alpha value is -1.25. The molecule has 1 aromatic carbocycles. The molecule has 0 amide bonds. The lowest BCUT2D eigenvalue weighted by atomic mass is 10.2. The predicted octanol–water partition coefficient (Wildman–Crippen LogP) is 4.02. The summed E-state index contributed by atoms with van der Waals surface area (Å²) >= 11 is 11.8. The molecule has 0 atom stereocenters. The Morgan fingerprint density at radius 1 is 1.18 bits per heavy atom. The Bertz CT molecular complexity index is 514. The number of halogens is 2. The normalized spacial score (nSPS) is 10.3. The van der Waals surface area contributed by atoms with Gasteiger partial charge in [-0.2, -0.15) is 0 Å². The highest BCUT2D eigenvalue weighted by molar-refractivity contribution is 6.30. The fraction of sp³-hybridized carbons (Fsp3) is 0.154. The van der Waals surface area contributed by atoms with Gasteiger partial charge in [-0.3, -0.25) is 0 Å². The van der Waals surface area contributed by atoms with Gasteiger partial charge in [-0.25, -0.2) is 4.98 Å². The molecule has 17 heavy (non-hydrogen) atoms. The molecule has 1 heterocycles. The molecule has 0 unspecified atom stereocenters. The minimum atomic E-state index is 0.500. The minimum absolute atomic E-state index is 0.500. The second-order valence-corrected chi connectivity index (χ2v) is 4.65. The van der Waals surface area contributed by atoms with Gasteiger partial charge in [0.2, 0.25) is 0 Å². The summed E-state index contributed by atoms with van der Waals surface area (Å²) in [6, 6.07) is 11.6. The largest absolute Gasteiger partial charge is 0.370 e. The molecule has 1 aromatic heterocycles. The van der Waals surface area contributed by atoms with Crippen LogP contribution in [0.1, 0.15) is 5.56 Å². The maximum atomic E-state index is 5.95. The molecule has 0 spiro atoms. The van der Waals surface area contributed by atoms with Gasteiger partial charge >= 0.3 is 0 Å². The van der Waals surface area contributed by atoms with Crippen LogP contribution in [-0.2, 0) is 6.54 Å². The molecule has 4 heteroatoms. The van der Waals surface area contributed by atoms with Crippen LogP contribution in [0.2, 0.25) is 10.2 Å². The number of pyridine rings is 1. The summed E-state index contributed by atoms with van der Waals surface area (Å²) in [6.07, 6.45) is 1.70. The first-order chi connectivity index (χ1) is 8.15. The molecule has 0 aliphatic carbocycles. The first-order valence-corrected chi connectivity index (χ1v) is 5.98. The van der Waals surface area contributed by atoms with Crippen molar-refractivity contribution >= 4 is 28.9 Å². The highest BCUT2D eigenvalue weighted by atomic mass is 35.5. The van der Waals surface area contributed by atoms with Gasteiger partial charge in [0.15, 0.2) is 0 Å². The van der Waals surface area contributed by atoms with E-state index in [1.807, 2.05) is 43.4 Å². The molecular weight excluding hydrogens is 255 g/mol. The molecule has 0 bridgehead atoms. The SMILES string of the molecule is CN(Cc1cccc(Cl)c1)c1ccnc(Cl)c1. The van der Waals surface area contributed by atoms with Gasteiger partial charge in [-0.05, 0) is 29.8 Å². The van der Waals surface area contributed by atoms with Crippen molar-refractivity contribution in [1.29, 1.82) is 0 Å². The summed E-state index contributed by atoms with van der Waals surface area (Å²) in [5.41, 5.74) is 2.19. The van der Waals surface area contributed by atoms with Crippen molar-refractivity contribution in [2.75, 3.05) is 11.9 Å². The van der Waals surface area contributed by atoms with Crippen molar-refractivity contribution in [3.63, 3.8) is 0 Å². The third kappa shape index (κ3) is 3.35. The number of rotatable bonds is 3. The zero-order chi connectivity index (χ0) is 12.3. The monoisotopic (exact) mass is 266 g/mol. The van der Waals surface area contributed by atoms with Gasteiger partial charge in [0, 0.05) is 30.5 Å². The Labute approximate surface area is 111 Å². The summed E-state index contributed by atoms with van der Waals surface area (Å²) < 4.78 is 0. The molecular formula is C13H12Cl2N2. The summed E-state index contributed by atoms with van der Waals surface area (Å²) in [5.74, 6) is 0. The van der Waals surface area contributed by atoms with E-state index in [0.717, 1.165) is 22.8 Å². The molecule has 0 fully saturated rings. The van der Waals surface area contributed by atoms with Crippen LogP contribution in [0.15, 0.2) is 42.6 Å². The highest BCUT2D eigenvalue weighted by Crippen LogP contribution is 2.19. The summed E-state index contributed by atoms with van der Waals surface area (Å²) in [4.78, 5) is 6.06. The highest BCUT2D eigenvalue weighted by Gasteiger charge is 2.03. The molecule has 2 nitrogen and oxygen atoms in total. The average Bonchev–Trinajstić information content (AvgIpc) is 2.29. The van der Waals surface area contributed by atoms with Crippen LogP contribution in [0.3, 0.4) is 0 Å². The third-order valence-electron chi connectivity index (χ3n) is 2.46. The fourth-order valence-corrected chi connectivity index (χ4v) is 2.01. The van der Waals surface area contributed by atoms with E-state index in [-0.39, 0.29) is 0 Å². The van der Waals surface area contributed by atoms with Crippen LogP contribution >= 0.6 is 23.2 Å². The molecule has 0 aliphatic rings. The predicted molar refractivity (Wildman–Crippen MR) is 72.8 cm³/mol. The number of hydrogen-bond acceptors (Lipinski definition) is 2. The second-order valence-electron chi connectivity index (χ2n) is 3.82. The lowest BCUT2D eigenvalue weighted by molar-refractivity contribution is 0.921. The van der Waals surface area contributed by atoms with Crippen LogP contribution in [0.5, 0.6) is 0 Å². The molecule has 2 rings (SSSR count). The van der Waals surface area contributed by atoms with E-state index < -0.39 is 0 Å². The van der Waals surface area contributed by atoms with Gasteiger partial charge < -0.3 is 4.90 Å². The van der Waals surface area contributed by atoms with E-state index in [4.69, 9.17) is 23.2 Å². The van der Waals surface area contributed by atoms with Crippen molar-refractivity contribution in [3.8, 4) is 0 Å². The summed E-state index contributed by atoms with van der Waals surface area (Å²) in [6.45, 7) is 0.779. The van der Waals surface area contributed by atoms with Crippen molar-refractivity contribution < 1.29 is 0 Å². The first kappa shape index (κ1) is 12.2. The molecule has 0 aliphatic heterocycles. The molecule has 0 N–H and O–H groups in total. The minimum Gasteiger partial charge on any atom is -0.370 e. The van der Waals surface area contributed by atoms with E-state index in [2.05, 4.69) is 9.88 Å². The zero-order valence-electron chi connectivity index (χ0n) is 9.40. The van der Waals surface area contributed by atoms with Crippen molar-refractivity contribution in [3.05, 3.63) is 58.3 Å². The topological polar surface area (TPSA) is 16.1 Å². The van der Waals surface area contributed by atoms with Gasteiger partial charge in [0.1, 0.15) is 5.15 Å². The van der Waals surface area contributed by atoms with Crippen LogP contribution in [-0.4, -0.2) is 12.0 Å². The summed E-state index contributed by atoms with van der Waals surface area (Å²) in [5, 5.41) is 1.25. The molecule has 0 radical (unpaired) electrons. The van der Waals surface area contributed by atoms with Crippen LogP contribution in [0.25, 0.3) is 0 Å². The summed E-state index contributed by atoms with van der Waals surface area (Å²) in [7, 11) is 2.01. The maximum Gasteiger partial charge on any atom is 0.131 e. The zero-order valence-corrected chi connectivity index (χ0v) is 10.9. The van der Waals surface area contributed by atoms with Crippen molar-refractivity contribution in [2.24, 2.45) is 0 Å². The lowest BCUT2D eigenvalue weighted by Gasteiger charge is -2.19. The Morgan fingerprint density at radius 3 is 2.71 bits per heavy atom. The van der Waals surface area contributed by atoms with E-state index >= 15 is 0 Å². The van der Waals surface area contributed by atoms with Gasteiger partial charge in [0.25, 0.3) is 0 Å². The third-order valence-corrected chi connectivity index (χ3v) is 2.90. The lowest BCUT2D eigenvalue weighted by Crippen LogP contribution is -2.16. The van der Waals surface area contributed by atoms with Crippen molar-refractivity contribution in [2.45, 2.75) is 6.54 Å². The van der Waals surface area contributed by atoms with Crippen LogP contribution < -0.4 is 4.90 Å². The van der Waals surface area contributed by atoms with E-state index in [0.29, 0.717) is 5.15 Å². The van der Waals surface area contributed by atoms with Crippen molar-refractivity contribution in [1.82, 2.24) is 4.98 Å². The maximum absolute atomic E-state index is 5.95. The first-order valence-electron chi connectivity index (χ1n) is 5.22. The molecule has 0 saturated heterocycles. The molecule has 88 valence electrons. The fourth-order valence-electron chi connectivity index (χ4n) is 1.63. The standard InChI is InChI=1S/C13H12Cl2N2/c1-17(12-5-6-16-13(15)8-12)9-10-3-2-4-11(14)7-10/h2-8H,9H2,1H3. The van der Waals surface area contributed by atoms with Gasteiger partial charge in [-0.15, -0.1) is 0 Å².